The third-order valence-corrected chi connectivity index (χ3v) is 8.57. The average Bonchev–Trinajstić information content (AvgIpc) is 3.54. The van der Waals surface area contributed by atoms with Gasteiger partial charge in [-0.1, -0.05) is 87.9 Å². The third kappa shape index (κ3) is 7.03. The van der Waals surface area contributed by atoms with Crippen LogP contribution in [0.2, 0.25) is 0 Å². The molecule has 6 rings (SSSR count). The van der Waals surface area contributed by atoms with Gasteiger partial charge in [0.25, 0.3) is 0 Å². The zero-order valence-electron chi connectivity index (χ0n) is 18.8. The van der Waals surface area contributed by atoms with Gasteiger partial charge in [-0.25, -0.2) is 36.1 Å². The zero-order valence-corrected chi connectivity index (χ0v) is 25.6. The van der Waals surface area contributed by atoms with Crippen LogP contribution in [0.1, 0.15) is 77.0 Å². The molecule has 0 heterocycles. The monoisotopic (exact) mass is 718 g/mol. The van der Waals surface area contributed by atoms with E-state index in [4.69, 9.17) is 0 Å². The molecule has 0 bridgehead atoms. The predicted octanol–water partition coefficient (Wildman–Crippen LogP) is 1.81. The van der Waals surface area contributed by atoms with Crippen molar-refractivity contribution in [3.05, 3.63) is 60.4 Å². The number of hydrogen-bond acceptors (Lipinski definition) is 0. The van der Waals surface area contributed by atoms with Crippen molar-refractivity contribution in [3.63, 3.8) is 0 Å². The van der Waals surface area contributed by atoms with Gasteiger partial charge >= 0.3 is 26.2 Å². The second-order valence-electron chi connectivity index (χ2n) is 10.3. The number of allylic oxidation sites excluding steroid dienone is 8. The summed E-state index contributed by atoms with van der Waals surface area (Å²) in [4.78, 5) is 0. The molecule has 0 radical (unpaired) electrons. The molecule has 0 aliphatic heterocycles. The molecule has 0 aromatic rings. The van der Waals surface area contributed by atoms with E-state index in [1.54, 1.807) is 11.1 Å². The van der Waals surface area contributed by atoms with E-state index in [1.807, 2.05) is 0 Å². The minimum absolute atomic E-state index is 0. The van der Waals surface area contributed by atoms with Gasteiger partial charge in [-0.2, -0.15) is 0 Å². The fourth-order valence-electron chi connectivity index (χ4n) is 6.95. The number of hydrogen-bond donors (Lipinski definition) is 0. The Morgan fingerprint density at radius 1 is 0.613 bits per heavy atom. The van der Waals surface area contributed by atoms with Gasteiger partial charge in [0.1, 0.15) is 0 Å². The van der Waals surface area contributed by atoms with Crippen molar-refractivity contribution in [2.75, 3.05) is 0 Å². The van der Waals surface area contributed by atoms with Crippen molar-refractivity contribution >= 4 is 0 Å². The van der Waals surface area contributed by atoms with Crippen LogP contribution < -0.4 is 48.0 Å². The van der Waals surface area contributed by atoms with Crippen LogP contribution in [0.4, 0.5) is 0 Å². The van der Waals surface area contributed by atoms with E-state index in [-0.39, 0.29) is 74.2 Å². The molecule has 4 unspecified atom stereocenters. The normalized spacial score (nSPS) is 33.2. The van der Waals surface area contributed by atoms with Crippen molar-refractivity contribution in [3.8, 4) is 0 Å². The van der Waals surface area contributed by atoms with Crippen molar-refractivity contribution in [1.82, 2.24) is 0 Å². The molecule has 0 amide bonds. The minimum Gasteiger partial charge on any atom is -1.00 e. The van der Waals surface area contributed by atoms with Gasteiger partial charge in [-0.05, 0) is 24.7 Å². The summed E-state index contributed by atoms with van der Waals surface area (Å²) in [6.45, 7) is 0. The van der Waals surface area contributed by atoms with Crippen LogP contribution in [0.5, 0.6) is 0 Å². The van der Waals surface area contributed by atoms with Crippen LogP contribution in [0.3, 0.4) is 0 Å². The van der Waals surface area contributed by atoms with Crippen LogP contribution in [-0.4, -0.2) is 0 Å². The van der Waals surface area contributed by atoms with Gasteiger partial charge < -0.3 is 48.0 Å². The standard InChI is InChI=1S/2C14H19.2HI.Zr/c2*1-2-6-11(5-1)14-9-12-7-3-4-8-13(12)10-14;;;/h2*3-4,7,9,11,13-14H,1-2,5-6,8,10H2;2*1H;/q2*-1;;;+4/p-2. The van der Waals surface area contributed by atoms with Crippen molar-refractivity contribution in [2.24, 2.45) is 35.5 Å². The molecule has 4 atom stereocenters. The largest absolute Gasteiger partial charge is 4.00 e. The van der Waals surface area contributed by atoms with E-state index < -0.39 is 0 Å². The molecule has 0 saturated heterocycles. The van der Waals surface area contributed by atoms with E-state index in [0.717, 1.165) is 35.5 Å². The van der Waals surface area contributed by atoms with Gasteiger partial charge in [0, 0.05) is 0 Å². The molecule has 0 aromatic heterocycles. The van der Waals surface area contributed by atoms with Gasteiger partial charge in [-0.15, -0.1) is 24.3 Å². The zero-order chi connectivity index (χ0) is 18.8. The maximum Gasteiger partial charge on any atom is 4.00 e. The fraction of sp³-hybridized carbons (Fsp3) is 0.643. The summed E-state index contributed by atoms with van der Waals surface area (Å²) in [5, 5.41) is 0. The van der Waals surface area contributed by atoms with Crippen molar-refractivity contribution in [2.45, 2.75) is 77.0 Å². The molecule has 4 fully saturated rings. The van der Waals surface area contributed by atoms with E-state index in [1.165, 1.54) is 77.0 Å². The smallest absolute Gasteiger partial charge is 1.00 e. The summed E-state index contributed by atoms with van der Waals surface area (Å²) in [6.07, 6.45) is 36.4. The Bertz CT molecular complexity index is 606. The van der Waals surface area contributed by atoms with Gasteiger partial charge in [0.05, 0.1) is 0 Å². The first-order valence-electron chi connectivity index (χ1n) is 12.3. The Hall–Kier alpha value is 1.04. The second-order valence-corrected chi connectivity index (χ2v) is 10.3. The summed E-state index contributed by atoms with van der Waals surface area (Å²) in [6, 6.07) is 0. The molecule has 31 heavy (non-hydrogen) atoms. The van der Waals surface area contributed by atoms with Crippen LogP contribution >= 0.6 is 0 Å². The van der Waals surface area contributed by atoms with E-state index in [2.05, 4.69) is 49.3 Å². The van der Waals surface area contributed by atoms with Gasteiger partial charge in [0.2, 0.25) is 0 Å². The quantitative estimate of drug-likeness (QED) is 0.302. The first kappa shape index (κ1) is 28.3. The van der Waals surface area contributed by atoms with Crippen LogP contribution in [0.15, 0.2) is 47.6 Å². The summed E-state index contributed by atoms with van der Waals surface area (Å²) < 4.78 is 0. The molecule has 6 aliphatic carbocycles. The molecule has 0 N–H and O–H groups in total. The predicted molar refractivity (Wildman–Crippen MR) is 119 cm³/mol. The Morgan fingerprint density at radius 3 is 1.35 bits per heavy atom. The van der Waals surface area contributed by atoms with E-state index in [0.29, 0.717) is 0 Å². The van der Waals surface area contributed by atoms with Crippen molar-refractivity contribution < 1.29 is 74.2 Å². The maximum atomic E-state index is 2.59. The van der Waals surface area contributed by atoms with Crippen LogP contribution in [0, 0.1) is 48.3 Å². The summed E-state index contributed by atoms with van der Waals surface area (Å²) >= 11 is 0. The number of fused-ring (bicyclic) bond motifs is 2. The molecule has 0 nitrogen and oxygen atoms in total. The molecule has 0 spiro atoms. The van der Waals surface area contributed by atoms with Crippen LogP contribution in [-0.2, 0) is 26.2 Å². The molecular weight excluding hydrogens is 681 g/mol. The maximum absolute atomic E-state index is 2.59. The number of rotatable bonds is 2. The summed E-state index contributed by atoms with van der Waals surface area (Å²) in [5.41, 5.74) is 3.29. The Kier molecular flexibility index (Phi) is 12.6. The summed E-state index contributed by atoms with van der Waals surface area (Å²) in [7, 11) is 0. The Balaban J connectivity index is 0.000000201. The first-order chi connectivity index (χ1) is 13.9. The molecule has 4 saturated carbocycles. The number of halogens is 2. The summed E-state index contributed by atoms with van der Waals surface area (Å²) in [5.74, 6) is 5.67. The second kappa shape index (κ2) is 13.8. The molecule has 0 aromatic carbocycles. The van der Waals surface area contributed by atoms with E-state index >= 15 is 0 Å². The van der Waals surface area contributed by atoms with Gasteiger partial charge in [-0.3, -0.25) is 0 Å². The molecule has 6 aliphatic rings. The van der Waals surface area contributed by atoms with E-state index in [9.17, 15) is 0 Å². The minimum atomic E-state index is 0. The molecule has 168 valence electrons. The molecule has 3 heteroatoms. The first-order valence-corrected chi connectivity index (χ1v) is 12.3. The van der Waals surface area contributed by atoms with Gasteiger partial charge in [0.15, 0.2) is 0 Å². The Morgan fingerprint density at radius 2 is 1.00 bits per heavy atom. The third-order valence-electron chi connectivity index (χ3n) is 8.57. The average molecular weight is 720 g/mol. The Labute approximate surface area is 244 Å². The fourth-order valence-corrected chi connectivity index (χ4v) is 6.95. The molecular formula is C28H38I2Zr. The van der Waals surface area contributed by atoms with Crippen molar-refractivity contribution in [1.29, 1.82) is 0 Å². The van der Waals surface area contributed by atoms with Crippen LogP contribution in [0.25, 0.3) is 0 Å². The topological polar surface area (TPSA) is 0 Å². The SMILES string of the molecule is C1=CCC2CC(C3CCCC3)[CH-]C2=C1.C1=CCC2CC(C3CCCC3)[CH-]C2=C1.[I-].[I-].[Zr+4].